The van der Waals surface area contributed by atoms with Gasteiger partial charge in [0.15, 0.2) is 0 Å². The fourth-order valence-electron chi connectivity index (χ4n) is 4.61. The minimum Gasteiger partial charge on any atom is -0.497 e. The van der Waals surface area contributed by atoms with Crippen LogP contribution in [0.4, 0.5) is 0 Å². The van der Waals surface area contributed by atoms with Crippen molar-refractivity contribution in [1.82, 2.24) is 15.1 Å². The number of carbonyl (C=O) groups is 3. The highest BCUT2D eigenvalue weighted by Crippen LogP contribution is 2.52. The molecule has 3 aliphatic rings. The van der Waals surface area contributed by atoms with E-state index in [9.17, 15) is 14.4 Å². The second-order valence-corrected chi connectivity index (χ2v) is 7.81. The first kappa shape index (κ1) is 19.4. The Hall–Kier alpha value is -2.87. The molecule has 2 bridgehead atoms. The highest BCUT2D eigenvalue weighted by molar-refractivity contribution is 5.94. The third-order valence-electron chi connectivity index (χ3n) is 6.01. The van der Waals surface area contributed by atoms with Crippen LogP contribution in [0.3, 0.4) is 0 Å². The number of hydrogen-bond acceptors (Lipinski definition) is 5. The Bertz CT molecular complexity index is 885. The molecule has 1 N–H and O–H groups in total. The lowest BCUT2D eigenvalue weighted by Gasteiger charge is -2.27. The maximum absolute atomic E-state index is 13.3. The first-order chi connectivity index (χ1) is 13.9. The van der Waals surface area contributed by atoms with Gasteiger partial charge in [0, 0.05) is 20.6 Å². The number of fused-ring (bicyclic) bond motifs is 1. The van der Waals surface area contributed by atoms with E-state index >= 15 is 0 Å². The molecule has 3 heterocycles. The zero-order valence-corrected chi connectivity index (χ0v) is 16.8. The average Bonchev–Trinajstić information content (AvgIpc) is 3.35. The van der Waals surface area contributed by atoms with Crippen LogP contribution in [-0.4, -0.2) is 73.5 Å². The maximum Gasteiger partial charge on any atom is 0.239 e. The number of benzene rings is 1. The van der Waals surface area contributed by atoms with E-state index < -0.39 is 23.5 Å². The van der Waals surface area contributed by atoms with Crippen molar-refractivity contribution in [3.63, 3.8) is 0 Å². The Kier molecular flexibility index (Phi) is 4.82. The van der Waals surface area contributed by atoms with Crippen molar-refractivity contribution in [1.29, 1.82) is 0 Å². The maximum atomic E-state index is 13.3. The number of amides is 3. The van der Waals surface area contributed by atoms with Crippen LogP contribution in [-0.2, 0) is 25.7 Å². The van der Waals surface area contributed by atoms with E-state index in [4.69, 9.17) is 9.47 Å². The molecule has 29 heavy (non-hydrogen) atoms. The van der Waals surface area contributed by atoms with Crippen LogP contribution in [0.1, 0.15) is 5.56 Å². The monoisotopic (exact) mass is 399 g/mol. The standard InChI is InChI=1S/C21H25N3O5/c1-22-16(25)11-23(2)19(26)17-15-7-8-21(29-15)12-24(20(27)18(17)21)10-13-5-4-6-14(9-13)28-3/h4-9,15,17-18H,10-12H2,1-3H3,(H,22,25)/t15-,17-,18+,21-/m0/s1. The van der Waals surface area contributed by atoms with E-state index in [2.05, 4.69) is 5.32 Å². The van der Waals surface area contributed by atoms with E-state index in [1.165, 1.54) is 11.9 Å². The molecule has 154 valence electrons. The molecule has 2 saturated heterocycles. The minimum absolute atomic E-state index is 0.0519. The number of likely N-dealkylation sites (N-methyl/N-ethyl adjacent to an activating group) is 2. The van der Waals surface area contributed by atoms with Crippen LogP contribution in [0, 0.1) is 11.8 Å². The van der Waals surface area contributed by atoms with Crippen LogP contribution >= 0.6 is 0 Å². The van der Waals surface area contributed by atoms with E-state index in [-0.39, 0.29) is 24.3 Å². The van der Waals surface area contributed by atoms with Crippen molar-refractivity contribution >= 4 is 17.7 Å². The molecule has 1 spiro atoms. The summed E-state index contributed by atoms with van der Waals surface area (Å²) in [7, 11) is 4.70. The fourth-order valence-corrected chi connectivity index (χ4v) is 4.61. The van der Waals surface area contributed by atoms with Crippen molar-refractivity contribution in [3.8, 4) is 5.75 Å². The second-order valence-electron chi connectivity index (χ2n) is 7.81. The molecule has 0 unspecified atom stereocenters. The zero-order valence-electron chi connectivity index (χ0n) is 16.8. The molecule has 3 amide bonds. The van der Waals surface area contributed by atoms with E-state index in [1.54, 1.807) is 19.1 Å². The van der Waals surface area contributed by atoms with Gasteiger partial charge in [0.1, 0.15) is 11.4 Å². The summed E-state index contributed by atoms with van der Waals surface area (Å²) >= 11 is 0. The average molecular weight is 399 g/mol. The molecule has 0 radical (unpaired) electrons. The Balaban J connectivity index is 1.54. The third-order valence-corrected chi connectivity index (χ3v) is 6.01. The molecule has 2 fully saturated rings. The van der Waals surface area contributed by atoms with Gasteiger partial charge in [-0.3, -0.25) is 14.4 Å². The summed E-state index contributed by atoms with van der Waals surface area (Å²) in [6.45, 7) is 0.776. The van der Waals surface area contributed by atoms with Gasteiger partial charge < -0.3 is 24.6 Å². The summed E-state index contributed by atoms with van der Waals surface area (Å²) in [5, 5.41) is 2.51. The van der Waals surface area contributed by atoms with E-state index in [1.807, 2.05) is 36.4 Å². The van der Waals surface area contributed by atoms with Gasteiger partial charge in [-0.15, -0.1) is 0 Å². The molecular formula is C21H25N3O5. The first-order valence-corrected chi connectivity index (χ1v) is 9.63. The zero-order chi connectivity index (χ0) is 20.8. The van der Waals surface area contributed by atoms with Crippen molar-refractivity contribution in [3.05, 3.63) is 42.0 Å². The van der Waals surface area contributed by atoms with E-state index in [0.717, 1.165) is 11.3 Å². The molecule has 0 saturated carbocycles. The molecule has 1 aromatic carbocycles. The topological polar surface area (TPSA) is 88.2 Å². The number of likely N-dealkylation sites (tertiary alicyclic amines) is 1. The van der Waals surface area contributed by atoms with Gasteiger partial charge in [-0.2, -0.15) is 0 Å². The summed E-state index contributed by atoms with van der Waals surface area (Å²) < 4.78 is 11.4. The predicted octanol–water partition coefficient (Wildman–Crippen LogP) is 0.182. The molecule has 0 aliphatic carbocycles. The van der Waals surface area contributed by atoms with Crippen LogP contribution in [0.2, 0.25) is 0 Å². The van der Waals surface area contributed by atoms with Gasteiger partial charge in [0.25, 0.3) is 0 Å². The molecule has 1 aromatic rings. The predicted molar refractivity (Wildman–Crippen MR) is 104 cm³/mol. The molecule has 0 aromatic heterocycles. The summed E-state index contributed by atoms with van der Waals surface area (Å²) in [4.78, 5) is 41.1. The van der Waals surface area contributed by atoms with Crippen LogP contribution in [0.5, 0.6) is 5.75 Å². The van der Waals surface area contributed by atoms with Gasteiger partial charge in [-0.1, -0.05) is 24.3 Å². The number of rotatable bonds is 6. The number of carbonyl (C=O) groups excluding carboxylic acids is 3. The Morgan fingerprint density at radius 1 is 1.41 bits per heavy atom. The van der Waals surface area contributed by atoms with Crippen molar-refractivity contribution in [2.24, 2.45) is 11.8 Å². The van der Waals surface area contributed by atoms with Crippen LogP contribution in [0.25, 0.3) is 0 Å². The number of hydrogen-bond donors (Lipinski definition) is 1. The smallest absolute Gasteiger partial charge is 0.239 e. The molecular weight excluding hydrogens is 374 g/mol. The Labute approximate surface area is 169 Å². The number of ether oxygens (including phenoxy) is 2. The molecule has 4 atom stereocenters. The van der Waals surface area contributed by atoms with Gasteiger partial charge in [0.2, 0.25) is 17.7 Å². The van der Waals surface area contributed by atoms with Crippen LogP contribution < -0.4 is 10.1 Å². The summed E-state index contributed by atoms with van der Waals surface area (Å²) in [6.07, 6.45) is 3.37. The van der Waals surface area contributed by atoms with Gasteiger partial charge >= 0.3 is 0 Å². The van der Waals surface area contributed by atoms with Crippen molar-refractivity contribution in [2.45, 2.75) is 18.2 Å². The quantitative estimate of drug-likeness (QED) is 0.690. The first-order valence-electron chi connectivity index (χ1n) is 9.63. The van der Waals surface area contributed by atoms with Crippen LogP contribution in [0.15, 0.2) is 36.4 Å². The van der Waals surface area contributed by atoms with Crippen molar-refractivity contribution < 1.29 is 23.9 Å². The molecule has 8 nitrogen and oxygen atoms in total. The largest absolute Gasteiger partial charge is 0.497 e. The third kappa shape index (κ3) is 3.17. The van der Waals surface area contributed by atoms with Crippen molar-refractivity contribution in [2.75, 3.05) is 34.3 Å². The fraction of sp³-hybridized carbons (Fsp3) is 0.476. The second kappa shape index (κ2) is 7.18. The number of nitrogens with one attached hydrogen (secondary N) is 1. The van der Waals surface area contributed by atoms with E-state index in [0.29, 0.717) is 13.1 Å². The normalized spacial score (nSPS) is 29.1. The highest BCUT2D eigenvalue weighted by atomic mass is 16.5. The number of methoxy groups -OCH3 is 1. The lowest BCUT2D eigenvalue weighted by atomic mass is 9.76. The Morgan fingerprint density at radius 3 is 2.93 bits per heavy atom. The minimum atomic E-state index is -0.769. The Morgan fingerprint density at radius 2 is 2.21 bits per heavy atom. The molecule has 4 rings (SSSR count). The summed E-state index contributed by atoms with van der Waals surface area (Å²) in [5.74, 6) is -1.04. The van der Waals surface area contributed by atoms with Gasteiger partial charge in [-0.05, 0) is 17.7 Å². The summed E-state index contributed by atoms with van der Waals surface area (Å²) in [5.41, 5.74) is 0.182. The SMILES string of the molecule is CNC(=O)CN(C)C(=O)[C@H]1[C@@H]2C=C[C@@]3(CN(Cc4cccc(OC)c4)C(=O)[C@@H]13)O2. The summed E-state index contributed by atoms with van der Waals surface area (Å²) in [6, 6.07) is 7.57. The van der Waals surface area contributed by atoms with Gasteiger partial charge in [0.05, 0.1) is 38.1 Å². The number of nitrogens with zero attached hydrogens (tertiary/aromatic N) is 2. The molecule has 3 aliphatic heterocycles. The molecule has 8 heteroatoms. The highest BCUT2D eigenvalue weighted by Gasteiger charge is 2.67. The lowest BCUT2D eigenvalue weighted by Crippen LogP contribution is -2.47. The van der Waals surface area contributed by atoms with Gasteiger partial charge in [-0.25, -0.2) is 0 Å². The lowest BCUT2D eigenvalue weighted by molar-refractivity contribution is -0.144.